The third-order valence-corrected chi connectivity index (χ3v) is 3.78. The predicted octanol–water partition coefficient (Wildman–Crippen LogP) is 3.05. The highest BCUT2D eigenvalue weighted by atomic mass is 16.2. The van der Waals surface area contributed by atoms with Crippen LogP contribution in [-0.2, 0) is 4.79 Å². The second-order valence-corrected chi connectivity index (χ2v) is 6.81. The highest BCUT2D eigenvalue weighted by molar-refractivity contribution is 5.76. The van der Waals surface area contributed by atoms with E-state index in [1.807, 2.05) is 0 Å². The van der Waals surface area contributed by atoms with Crippen molar-refractivity contribution < 1.29 is 4.79 Å². The van der Waals surface area contributed by atoms with E-state index in [2.05, 4.69) is 44.8 Å². The van der Waals surface area contributed by atoms with Crippen LogP contribution in [0.3, 0.4) is 0 Å². The molecule has 0 aliphatic carbocycles. The fourth-order valence-corrected chi connectivity index (χ4v) is 3.01. The molecule has 1 saturated heterocycles. The lowest BCUT2D eigenvalue weighted by Gasteiger charge is -2.42. The normalized spacial score (nSPS) is 24.3. The minimum Gasteiger partial charge on any atom is -0.337 e. The zero-order valence-electron chi connectivity index (χ0n) is 13.4. The summed E-state index contributed by atoms with van der Waals surface area (Å²) in [6.07, 6.45) is 3.91. The van der Waals surface area contributed by atoms with Gasteiger partial charge in [-0.1, -0.05) is 34.6 Å². The molecule has 3 heteroatoms. The molecule has 2 atom stereocenters. The van der Waals surface area contributed by atoms with Gasteiger partial charge in [0, 0.05) is 31.6 Å². The third-order valence-electron chi connectivity index (χ3n) is 3.78. The summed E-state index contributed by atoms with van der Waals surface area (Å²) < 4.78 is 0. The van der Waals surface area contributed by atoms with Gasteiger partial charge in [-0.2, -0.15) is 0 Å². The summed E-state index contributed by atoms with van der Waals surface area (Å²) in [5, 5.41) is 3.64. The number of hydrogen-bond acceptors (Lipinski definition) is 2. The van der Waals surface area contributed by atoms with Gasteiger partial charge in [-0.3, -0.25) is 4.79 Å². The van der Waals surface area contributed by atoms with Crippen LogP contribution in [0.5, 0.6) is 0 Å². The molecule has 0 radical (unpaired) electrons. The van der Waals surface area contributed by atoms with Gasteiger partial charge in [0.15, 0.2) is 0 Å². The highest BCUT2D eigenvalue weighted by Gasteiger charge is 2.31. The first kappa shape index (κ1) is 16.5. The lowest BCUT2D eigenvalue weighted by molar-refractivity contribution is -0.135. The molecule has 112 valence electrons. The molecule has 0 spiro atoms. The van der Waals surface area contributed by atoms with Gasteiger partial charge in [0.1, 0.15) is 0 Å². The van der Waals surface area contributed by atoms with Gasteiger partial charge in [0.25, 0.3) is 0 Å². The van der Waals surface area contributed by atoms with E-state index in [1.54, 1.807) is 0 Å². The molecule has 1 aliphatic heterocycles. The minimum atomic E-state index is 0.350. The highest BCUT2D eigenvalue weighted by Crippen LogP contribution is 2.19. The Morgan fingerprint density at radius 1 is 1.21 bits per heavy atom. The Morgan fingerprint density at radius 3 is 2.37 bits per heavy atom. The minimum absolute atomic E-state index is 0.350. The molecule has 0 aromatic heterocycles. The number of carbonyl (C=O) groups excluding carboxylic acids is 1. The molecule has 3 nitrogen and oxygen atoms in total. The molecule has 0 bridgehead atoms. The fourth-order valence-electron chi connectivity index (χ4n) is 3.01. The van der Waals surface area contributed by atoms with Crippen LogP contribution in [0, 0.1) is 11.8 Å². The van der Waals surface area contributed by atoms with Gasteiger partial charge in [-0.05, 0) is 31.1 Å². The second-order valence-electron chi connectivity index (χ2n) is 6.81. The van der Waals surface area contributed by atoms with Crippen molar-refractivity contribution in [3.05, 3.63) is 0 Å². The molecule has 0 aromatic rings. The number of rotatable bonds is 6. The van der Waals surface area contributed by atoms with Crippen molar-refractivity contribution in [2.24, 2.45) is 11.8 Å². The van der Waals surface area contributed by atoms with Gasteiger partial charge < -0.3 is 10.2 Å². The average Bonchev–Trinajstić information content (AvgIpc) is 2.30. The Bertz CT molecular complexity index is 276. The number of hydrogen-bond donors (Lipinski definition) is 1. The standard InChI is InChI=1S/C16H32N2O/c1-6-7-16(19)18-11-14(8-12(2)3)17-10-15(18)9-13(4)5/h12-15,17H,6-11H2,1-5H3. The van der Waals surface area contributed by atoms with E-state index >= 15 is 0 Å². The summed E-state index contributed by atoms with van der Waals surface area (Å²) in [5.41, 5.74) is 0. The van der Waals surface area contributed by atoms with Crippen LogP contribution in [0.1, 0.15) is 60.3 Å². The summed E-state index contributed by atoms with van der Waals surface area (Å²) in [6, 6.07) is 0.867. The van der Waals surface area contributed by atoms with Crippen LogP contribution in [-0.4, -0.2) is 36.0 Å². The average molecular weight is 268 g/mol. The lowest BCUT2D eigenvalue weighted by Crippen LogP contribution is -2.58. The molecule has 1 fully saturated rings. The van der Waals surface area contributed by atoms with Crippen molar-refractivity contribution >= 4 is 5.91 Å². The SMILES string of the molecule is CCCC(=O)N1CC(CC(C)C)NCC1CC(C)C. The van der Waals surface area contributed by atoms with E-state index in [1.165, 1.54) is 0 Å². The lowest BCUT2D eigenvalue weighted by atomic mass is 9.95. The van der Waals surface area contributed by atoms with Gasteiger partial charge in [-0.25, -0.2) is 0 Å². The summed E-state index contributed by atoms with van der Waals surface area (Å²) in [4.78, 5) is 14.5. The Morgan fingerprint density at radius 2 is 1.84 bits per heavy atom. The maximum Gasteiger partial charge on any atom is 0.222 e. The Kier molecular flexibility index (Phi) is 6.84. The van der Waals surface area contributed by atoms with Crippen molar-refractivity contribution in [3.63, 3.8) is 0 Å². The van der Waals surface area contributed by atoms with Crippen molar-refractivity contribution in [3.8, 4) is 0 Å². The van der Waals surface area contributed by atoms with Crippen LogP contribution >= 0.6 is 0 Å². The van der Waals surface area contributed by atoms with Crippen LogP contribution in [0.25, 0.3) is 0 Å². The Hall–Kier alpha value is -0.570. The number of amides is 1. The van der Waals surface area contributed by atoms with E-state index in [4.69, 9.17) is 0 Å². The number of carbonyl (C=O) groups is 1. The molecular weight excluding hydrogens is 236 g/mol. The zero-order valence-corrected chi connectivity index (χ0v) is 13.4. The Labute approximate surface area is 119 Å². The van der Waals surface area contributed by atoms with Crippen molar-refractivity contribution in [1.82, 2.24) is 10.2 Å². The van der Waals surface area contributed by atoms with Gasteiger partial charge in [0.2, 0.25) is 5.91 Å². The molecular formula is C16H32N2O. The molecule has 0 saturated carbocycles. The summed E-state index contributed by atoms with van der Waals surface area (Å²) >= 11 is 0. The molecule has 1 rings (SSSR count). The number of nitrogens with zero attached hydrogens (tertiary/aromatic N) is 1. The van der Waals surface area contributed by atoms with Gasteiger partial charge in [0.05, 0.1) is 0 Å². The van der Waals surface area contributed by atoms with Crippen LogP contribution < -0.4 is 5.32 Å². The first-order valence-electron chi connectivity index (χ1n) is 7.96. The number of piperazine rings is 1. The van der Waals surface area contributed by atoms with Crippen molar-refractivity contribution in [2.45, 2.75) is 72.4 Å². The molecule has 1 aliphatic rings. The van der Waals surface area contributed by atoms with Crippen molar-refractivity contribution in [2.75, 3.05) is 13.1 Å². The summed E-state index contributed by atoms with van der Waals surface area (Å²) in [6.45, 7) is 12.9. The fraction of sp³-hybridized carbons (Fsp3) is 0.938. The number of nitrogens with one attached hydrogen (secondary N) is 1. The molecule has 1 N–H and O–H groups in total. The van der Waals surface area contributed by atoms with E-state index in [0.29, 0.717) is 36.2 Å². The quantitative estimate of drug-likeness (QED) is 0.803. The van der Waals surface area contributed by atoms with E-state index in [-0.39, 0.29) is 0 Å². The first-order valence-corrected chi connectivity index (χ1v) is 7.96. The topological polar surface area (TPSA) is 32.3 Å². The van der Waals surface area contributed by atoms with Gasteiger partial charge >= 0.3 is 0 Å². The van der Waals surface area contributed by atoms with E-state index in [9.17, 15) is 4.79 Å². The van der Waals surface area contributed by atoms with Crippen LogP contribution in [0.2, 0.25) is 0 Å². The maximum atomic E-state index is 12.3. The largest absolute Gasteiger partial charge is 0.337 e. The van der Waals surface area contributed by atoms with E-state index < -0.39 is 0 Å². The molecule has 0 aromatic carbocycles. The monoisotopic (exact) mass is 268 g/mol. The van der Waals surface area contributed by atoms with E-state index in [0.717, 1.165) is 32.4 Å². The smallest absolute Gasteiger partial charge is 0.222 e. The summed E-state index contributed by atoms with van der Waals surface area (Å²) in [5.74, 6) is 1.68. The predicted molar refractivity (Wildman–Crippen MR) is 81.1 cm³/mol. The van der Waals surface area contributed by atoms with Crippen molar-refractivity contribution in [1.29, 1.82) is 0 Å². The molecule has 2 unspecified atom stereocenters. The molecule has 19 heavy (non-hydrogen) atoms. The third kappa shape index (κ3) is 5.52. The molecule has 1 amide bonds. The summed E-state index contributed by atoms with van der Waals surface area (Å²) in [7, 11) is 0. The van der Waals surface area contributed by atoms with Crippen LogP contribution in [0.4, 0.5) is 0 Å². The zero-order chi connectivity index (χ0) is 14.4. The Balaban J connectivity index is 2.65. The van der Waals surface area contributed by atoms with Gasteiger partial charge in [-0.15, -0.1) is 0 Å². The van der Waals surface area contributed by atoms with Crippen LogP contribution in [0.15, 0.2) is 0 Å². The molecule has 1 heterocycles. The maximum absolute atomic E-state index is 12.3. The first-order chi connectivity index (χ1) is 8.93. The second kappa shape index (κ2) is 7.88.